The predicted octanol–water partition coefficient (Wildman–Crippen LogP) is 2.75. The SMILES string of the molecule is COc1ccc(NCc2cncn2C2CC2)cc1[N+](=O)[O-]. The van der Waals surface area contributed by atoms with Gasteiger partial charge in [0.1, 0.15) is 0 Å². The van der Waals surface area contributed by atoms with Crippen LogP contribution in [0.25, 0.3) is 0 Å². The monoisotopic (exact) mass is 288 g/mol. The van der Waals surface area contributed by atoms with Gasteiger partial charge in [-0.05, 0) is 25.0 Å². The molecule has 3 rings (SSSR count). The first-order chi connectivity index (χ1) is 10.2. The van der Waals surface area contributed by atoms with Gasteiger partial charge in [-0.15, -0.1) is 0 Å². The summed E-state index contributed by atoms with van der Waals surface area (Å²) in [5.41, 5.74) is 1.72. The third-order valence-corrected chi connectivity index (χ3v) is 3.54. The van der Waals surface area contributed by atoms with E-state index < -0.39 is 4.92 Å². The molecule has 7 nitrogen and oxygen atoms in total. The lowest BCUT2D eigenvalue weighted by molar-refractivity contribution is -0.385. The van der Waals surface area contributed by atoms with Crippen molar-refractivity contribution in [3.63, 3.8) is 0 Å². The molecule has 0 bridgehead atoms. The number of methoxy groups -OCH3 is 1. The van der Waals surface area contributed by atoms with Crippen LogP contribution in [-0.4, -0.2) is 21.6 Å². The van der Waals surface area contributed by atoms with Crippen molar-refractivity contribution in [3.8, 4) is 5.75 Å². The average molecular weight is 288 g/mol. The van der Waals surface area contributed by atoms with Crippen LogP contribution in [0.3, 0.4) is 0 Å². The Kier molecular flexibility index (Phi) is 3.47. The van der Waals surface area contributed by atoms with Crippen LogP contribution in [0.15, 0.2) is 30.7 Å². The molecule has 7 heteroatoms. The lowest BCUT2D eigenvalue weighted by Gasteiger charge is -2.10. The first-order valence-electron chi connectivity index (χ1n) is 6.76. The number of anilines is 1. The first-order valence-corrected chi connectivity index (χ1v) is 6.76. The minimum atomic E-state index is -0.446. The molecule has 0 saturated heterocycles. The minimum absolute atomic E-state index is 0.0433. The average Bonchev–Trinajstić information content (AvgIpc) is 3.23. The third-order valence-electron chi connectivity index (χ3n) is 3.54. The molecular formula is C14H16N4O3. The highest BCUT2D eigenvalue weighted by Crippen LogP contribution is 2.36. The van der Waals surface area contributed by atoms with Crippen molar-refractivity contribution in [2.45, 2.75) is 25.4 Å². The number of rotatable bonds is 6. The van der Waals surface area contributed by atoms with E-state index in [1.807, 2.05) is 12.5 Å². The maximum Gasteiger partial charge on any atom is 0.312 e. The van der Waals surface area contributed by atoms with Gasteiger partial charge >= 0.3 is 5.69 Å². The molecule has 1 saturated carbocycles. The lowest BCUT2D eigenvalue weighted by Crippen LogP contribution is -2.06. The normalized spacial score (nSPS) is 14.0. The second-order valence-electron chi connectivity index (χ2n) is 5.02. The number of aromatic nitrogens is 2. The van der Waals surface area contributed by atoms with Gasteiger partial charge in [-0.1, -0.05) is 0 Å². The zero-order valence-corrected chi connectivity index (χ0v) is 11.7. The molecule has 0 aliphatic heterocycles. The van der Waals surface area contributed by atoms with Crippen molar-refractivity contribution in [1.82, 2.24) is 9.55 Å². The van der Waals surface area contributed by atoms with E-state index in [0.29, 0.717) is 18.3 Å². The Morgan fingerprint density at radius 1 is 1.52 bits per heavy atom. The molecule has 0 spiro atoms. The second-order valence-corrected chi connectivity index (χ2v) is 5.02. The summed E-state index contributed by atoms with van der Waals surface area (Å²) < 4.78 is 7.14. The van der Waals surface area contributed by atoms with Crippen LogP contribution >= 0.6 is 0 Å². The molecule has 0 radical (unpaired) electrons. The summed E-state index contributed by atoms with van der Waals surface area (Å²) in [6.07, 6.45) is 6.04. The van der Waals surface area contributed by atoms with E-state index in [9.17, 15) is 10.1 Å². The van der Waals surface area contributed by atoms with Crippen LogP contribution in [0.4, 0.5) is 11.4 Å². The van der Waals surface area contributed by atoms with Crippen LogP contribution in [-0.2, 0) is 6.54 Å². The summed E-state index contributed by atoms with van der Waals surface area (Å²) in [6, 6.07) is 5.41. The number of imidazole rings is 1. The highest BCUT2D eigenvalue weighted by atomic mass is 16.6. The molecule has 110 valence electrons. The van der Waals surface area contributed by atoms with Gasteiger partial charge in [-0.2, -0.15) is 0 Å². The molecule has 1 N–H and O–H groups in total. The molecule has 1 aromatic heterocycles. The van der Waals surface area contributed by atoms with Crippen molar-refractivity contribution in [3.05, 3.63) is 46.5 Å². The summed E-state index contributed by atoms with van der Waals surface area (Å²) >= 11 is 0. The number of hydrogen-bond donors (Lipinski definition) is 1. The summed E-state index contributed by atoms with van der Waals surface area (Å²) in [4.78, 5) is 14.7. The molecule has 0 atom stereocenters. The quantitative estimate of drug-likeness (QED) is 0.653. The number of ether oxygens (including phenoxy) is 1. The Balaban J connectivity index is 1.74. The van der Waals surface area contributed by atoms with Gasteiger partial charge in [0.25, 0.3) is 0 Å². The molecule has 2 aromatic rings. The van der Waals surface area contributed by atoms with Crippen molar-refractivity contribution < 1.29 is 9.66 Å². The maximum absolute atomic E-state index is 11.0. The van der Waals surface area contributed by atoms with E-state index >= 15 is 0 Å². The lowest BCUT2D eigenvalue weighted by atomic mass is 10.2. The molecule has 0 amide bonds. The smallest absolute Gasteiger partial charge is 0.312 e. The van der Waals surface area contributed by atoms with E-state index in [0.717, 1.165) is 5.69 Å². The van der Waals surface area contributed by atoms with Gasteiger partial charge in [0.2, 0.25) is 0 Å². The Bertz CT molecular complexity index is 664. The van der Waals surface area contributed by atoms with Gasteiger partial charge in [0.05, 0.1) is 30.6 Å². The second kappa shape index (κ2) is 5.43. The standard InChI is InChI=1S/C14H16N4O3/c1-21-14-5-2-10(6-13(14)18(19)20)16-8-12-7-15-9-17(12)11-3-4-11/h2,5-7,9,11,16H,3-4,8H2,1H3. The molecule has 1 aromatic carbocycles. The Morgan fingerprint density at radius 3 is 3.00 bits per heavy atom. The van der Waals surface area contributed by atoms with Gasteiger partial charge < -0.3 is 14.6 Å². The van der Waals surface area contributed by atoms with E-state index in [-0.39, 0.29) is 11.4 Å². The van der Waals surface area contributed by atoms with E-state index in [1.54, 1.807) is 12.1 Å². The highest BCUT2D eigenvalue weighted by Gasteiger charge is 2.25. The number of nitro groups is 1. The molecular weight excluding hydrogens is 272 g/mol. The molecule has 1 heterocycles. The fourth-order valence-corrected chi connectivity index (χ4v) is 2.29. The topological polar surface area (TPSA) is 82.2 Å². The molecule has 21 heavy (non-hydrogen) atoms. The zero-order chi connectivity index (χ0) is 14.8. The molecule has 0 unspecified atom stereocenters. The van der Waals surface area contributed by atoms with Gasteiger partial charge in [0.15, 0.2) is 5.75 Å². The van der Waals surface area contributed by atoms with Crippen LogP contribution in [0.2, 0.25) is 0 Å². The van der Waals surface area contributed by atoms with E-state index in [4.69, 9.17) is 4.74 Å². The summed E-state index contributed by atoms with van der Waals surface area (Å²) in [5.74, 6) is 0.258. The third kappa shape index (κ3) is 2.81. The van der Waals surface area contributed by atoms with Crippen molar-refractivity contribution in [2.24, 2.45) is 0 Å². The van der Waals surface area contributed by atoms with Crippen molar-refractivity contribution >= 4 is 11.4 Å². The maximum atomic E-state index is 11.0. The van der Waals surface area contributed by atoms with Crippen molar-refractivity contribution in [2.75, 3.05) is 12.4 Å². The zero-order valence-electron chi connectivity index (χ0n) is 11.7. The van der Waals surface area contributed by atoms with Gasteiger partial charge in [-0.3, -0.25) is 10.1 Å². The summed E-state index contributed by atoms with van der Waals surface area (Å²) in [5, 5.41) is 14.2. The highest BCUT2D eigenvalue weighted by molar-refractivity contribution is 5.58. The molecule has 1 aliphatic carbocycles. The largest absolute Gasteiger partial charge is 0.490 e. The van der Waals surface area contributed by atoms with Gasteiger partial charge in [0, 0.05) is 24.0 Å². The Morgan fingerprint density at radius 2 is 2.33 bits per heavy atom. The predicted molar refractivity (Wildman–Crippen MR) is 77.5 cm³/mol. The van der Waals surface area contributed by atoms with Crippen LogP contribution in [0, 0.1) is 10.1 Å². The number of hydrogen-bond acceptors (Lipinski definition) is 5. The number of benzene rings is 1. The molecule has 1 fully saturated rings. The van der Waals surface area contributed by atoms with Crippen LogP contribution in [0.5, 0.6) is 5.75 Å². The Labute approximate surface area is 121 Å². The summed E-state index contributed by atoms with van der Waals surface area (Å²) in [6.45, 7) is 0.583. The summed E-state index contributed by atoms with van der Waals surface area (Å²) in [7, 11) is 1.42. The number of nitrogens with one attached hydrogen (secondary N) is 1. The van der Waals surface area contributed by atoms with E-state index in [2.05, 4.69) is 14.9 Å². The fraction of sp³-hybridized carbons (Fsp3) is 0.357. The minimum Gasteiger partial charge on any atom is -0.490 e. The van der Waals surface area contributed by atoms with Crippen molar-refractivity contribution in [1.29, 1.82) is 0 Å². The molecule has 1 aliphatic rings. The van der Waals surface area contributed by atoms with Crippen LogP contribution < -0.4 is 10.1 Å². The fourth-order valence-electron chi connectivity index (χ4n) is 2.29. The van der Waals surface area contributed by atoms with Gasteiger partial charge in [-0.25, -0.2) is 4.98 Å². The number of nitrogens with zero attached hydrogens (tertiary/aromatic N) is 3. The van der Waals surface area contributed by atoms with Crippen LogP contribution in [0.1, 0.15) is 24.6 Å². The first kappa shape index (κ1) is 13.4. The number of nitro benzene ring substituents is 1. The Hall–Kier alpha value is -2.57. The van der Waals surface area contributed by atoms with E-state index in [1.165, 1.54) is 26.0 Å².